The molecule has 2 rings (SSSR count). The average molecular weight is 314 g/mol. The van der Waals surface area contributed by atoms with Gasteiger partial charge in [-0.05, 0) is 37.6 Å². The molecule has 1 aliphatic rings. The highest BCUT2D eigenvalue weighted by molar-refractivity contribution is 9.10. The molecule has 0 bridgehead atoms. The fourth-order valence-corrected chi connectivity index (χ4v) is 2.19. The van der Waals surface area contributed by atoms with Crippen LogP contribution in [0.15, 0.2) is 28.7 Å². The Morgan fingerprint density at radius 1 is 1.50 bits per heavy atom. The number of halogens is 1. The van der Waals surface area contributed by atoms with Gasteiger partial charge >= 0.3 is 0 Å². The van der Waals surface area contributed by atoms with E-state index in [2.05, 4.69) is 15.9 Å². The van der Waals surface area contributed by atoms with Crippen molar-refractivity contribution in [3.8, 4) is 5.75 Å². The van der Waals surface area contributed by atoms with Crippen molar-refractivity contribution in [2.45, 2.75) is 18.9 Å². The molecule has 4 nitrogen and oxygen atoms in total. The second-order valence-electron chi connectivity index (χ2n) is 4.80. The van der Waals surface area contributed by atoms with Crippen molar-refractivity contribution in [2.24, 2.45) is 0 Å². The first-order valence-electron chi connectivity index (χ1n) is 5.85. The molecule has 0 radical (unpaired) electrons. The lowest BCUT2D eigenvalue weighted by Crippen LogP contribution is -2.36. The second-order valence-corrected chi connectivity index (χ2v) is 5.72. The number of ether oxygens (including phenoxy) is 1. The Kier molecular flexibility index (Phi) is 3.92. The van der Waals surface area contributed by atoms with Crippen molar-refractivity contribution >= 4 is 21.8 Å². The van der Waals surface area contributed by atoms with Crippen LogP contribution in [0.2, 0.25) is 0 Å². The summed E-state index contributed by atoms with van der Waals surface area (Å²) in [4.78, 5) is 13.5. The van der Waals surface area contributed by atoms with E-state index in [9.17, 15) is 9.90 Å². The second kappa shape index (κ2) is 5.28. The van der Waals surface area contributed by atoms with Crippen LogP contribution in [0, 0.1) is 0 Å². The van der Waals surface area contributed by atoms with Crippen LogP contribution >= 0.6 is 15.9 Å². The van der Waals surface area contributed by atoms with Gasteiger partial charge in [-0.3, -0.25) is 4.79 Å². The summed E-state index contributed by atoms with van der Waals surface area (Å²) in [6.45, 7) is 2.73. The van der Waals surface area contributed by atoms with Crippen LogP contribution in [0.25, 0.3) is 0 Å². The van der Waals surface area contributed by atoms with Gasteiger partial charge in [-0.25, -0.2) is 0 Å². The number of likely N-dealkylation sites (tertiary alicyclic amines) is 1. The van der Waals surface area contributed by atoms with E-state index in [0.717, 1.165) is 4.47 Å². The fourth-order valence-electron chi connectivity index (χ4n) is 1.93. The van der Waals surface area contributed by atoms with E-state index in [1.807, 2.05) is 12.1 Å². The molecule has 5 heteroatoms. The minimum atomic E-state index is -0.757. The van der Waals surface area contributed by atoms with Gasteiger partial charge in [0.2, 0.25) is 0 Å². The van der Waals surface area contributed by atoms with E-state index < -0.39 is 5.60 Å². The molecule has 0 spiro atoms. The highest BCUT2D eigenvalue weighted by Crippen LogP contribution is 2.21. The Morgan fingerprint density at radius 2 is 2.17 bits per heavy atom. The number of nitrogens with zero attached hydrogens (tertiary/aromatic N) is 1. The molecule has 1 aliphatic heterocycles. The summed E-state index contributed by atoms with van der Waals surface area (Å²) in [6.07, 6.45) is 0.622. The van der Waals surface area contributed by atoms with Gasteiger partial charge in [0.15, 0.2) is 6.61 Å². The smallest absolute Gasteiger partial charge is 0.260 e. The van der Waals surface area contributed by atoms with Crippen LogP contribution in [-0.4, -0.2) is 41.2 Å². The van der Waals surface area contributed by atoms with E-state index in [-0.39, 0.29) is 12.5 Å². The summed E-state index contributed by atoms with van der Waals surface area (Å²) in [5.74, 6) is 0.577. The maximum absolute atomic E-state index is 11.9. The van der Waals surface area contributed by atoms with Gasteiger partial charge in [-0.1, -0.05) is 15.9 Å². The summed E-state index contributed by atoms with van der Waals surface area (Å²) in [5.41, 5.74) is -0.757. The van der Waals surface area contributed by atoms with E-state index in [0.29, 0.717) is 25.3 Å². The predicted molar refractivity (Wildman–Crippen MR) is 71.5 cm³/mol. The molecule has 1 aromatic carbocycles. The third-order valence-corrected chi connectivity index (χ3v) is 3.51. The number of aliphatic hydroxyl groups is 1. The van der Waals surface area contributed by atoms with E-state index in [1.165, 1.54) is 0 Å². The predicted octanol–water partition coefficient (Wildman–Crippen LogP) is 1.81. The maximum Gasteiger partial charge on any atom is 0.260 e. The first kappa shape index (κ1) is 13.4. The SMILES string of the molecule is CC1(O)CCN(C(=O)COc2ccc(Br)cc2)C1. The third kappa shape index (κ3) is 3.46. The zero-order valence-corrected chi connectivity index (χ0v) is 11.8. The Morgan fingerprint density at radius 3 is 2.72 bits per heavy atom. The van der Waals surface area contributed by atoms with Crippen molar-refractivity contribution in [3.05, 3.63) is 28.7 Å². The normalized spacial score (nSPS) is 23.2. The average Bonchev–Trinajstić information content (AvgIpc) is 2.69. The number of hydrogen-bond donors (Lipinski definition) is 1. The molecule has 1 unspecified atom stereocenters. The van der Waals surface area contributed by atoms with Gasteiger partial charge in [0.1, 0.15) is 5.75 Å². The Hall–Kier alpha value is -1.07. The van der Waals surface area contributed by atoms with E-state index in [4.69, 9.17) is 4.74 Å². The first-order valence-corrected chi connectivity index (χ1v) is 6.64. The van der Waals surface area contributed by atoms with Crippen LogP contribution in [-0.2, 0) is 4.79 Å². The summed E-state index contributed by atoms with van der Waals surface area (Å²) >= 11 is 3.33. The van der Waals surface area contributed by atoms with Crippen molar-refractivity contribution in [1.29, 1.82) is 0 Å². The van der Waals surface area contributed by atoms with E-state index >= 15 is 0 Å². The van der Waals surface area contributed by atoms with Crippen molar-refractivity contribution in [3.63, 3.8) is 0 Å². The molecule has 0 aromatic heterocycles. The van der Waals surface area contributed by atoms with E-state index in [1.54, 1.807) is 24.0 Å². The zero-order chi connectivity index (χ0) is 13.2. The quantitative estimate of drug-likeness (QED) is 0.926. The topological polar surface area (TPSA) is 49.8 Å². The molecule has 1 heterocycles. The molecular formula is C13H16BrNO3. The van der Waals surface area contributed by atoms with Gasteiger partial charge < -0.3 is 14.7 Å². The number of benzene rings is 1. The minimum absolute atomic E-state index is 0.0116. The Bertz CT molecular complexity index is 430. The van der Waals surface area contributed by atoms with Crippen LogP contribution in [0.3, 0.4) is 0 Å². The highest BCUT2D eigenvalue weighted by Gasteiger charge is 2.33. The molecule has 1 amide bonds. The van der Waals surface area contributed by atoms with Crippen molar-refractivity contribution < 1.29 is 14.6 Å². The van der Waals surface area contributed by atoms with Crippen molar-refractivity contribution in [1.82, 2.24) is 4.90 Å². The summed E-state index contributed by atoms with van der Waals surface area (Å²) in [6, 6.07) is 7.33. The van der Waals surface area contributed by atoms with Gasteiger partial charge in [0.05, 0.1) is 5.60 Å². The van der Waals surface area contributed by atoms with Crippen molar-refractivity contribution in [2.75, 3.05) is 19.7 Å². The number of carbonyl (C=O) groups excluding carboxylic acids is 1. The standard InChI is InChI=1S/C13H16BrNO3/c1-13(17)6-7-15(9-13)12(16)8-18-11-4-2-10(14)3-5-11/h2-5,17H,6-9H2,1H3. The van der Waals surface area contributed by atoms with Crippen LogP contribution < -0.4 is 4.74 Å². The number of hydrogen-bond acceptors (Lipinski definition) is 3. The number of rotatable bonds is 3. The largest absolute Gasteiger partial charge is 0.484 e. The van der Waals surface area contributed by atoms with Gasteiger partial charge in [-0.15, -0.1) is 0 Å². The molecule has 1 aromatic rings. The lowest BCUT2D eigenvalue weighted by atomic mass is 10.1. The fraction of sp³-hybridized carbons (Fsp3) is 0.462. The van der Waals surface area contributed by atoms with Gasteiger partial charge in [0.25, 0.3) is 5.91 Å². The number of carbonyl (C=O) groups is 1. The maximum atomic E-state index is 11.9. The molecule has 0 saturated carbocycles. The molecule has 0 aliphatic carbocycles. The zero-order valence-electron chi connectivity index (χ0n) is 10.2. The Labute approximate surface area is 115 Å². The minimum Gasteiger partial charge on any atom is -0.484 e. The number of β-amino-alcohol motifs (C(OH)–C–C–N with tert-alkyl or cyclic N) is 1. The molecule has 1 fully saturated rings. The van der Waals surface area contributed by atoms with Gasteiger partial charge in [0, 0.05) is 17.6 Å². The monoisotopic (exact) mass is 313 g/mol. The first-order chi connectivity index (χ1) is 8.46. The highest BCUT2D eigenvalue weighted by atomic mass is 79.9. The molecular weight excluding hydrogens is 298 g/mol. The molecule has 1 atom stereocenters. The summed E-state index contributed by atoms with van der Waals surface area (Å²) in [5, 5.41) is 9.79. The number of amides is 1. The lowest BCUT2D eigenvalue weighted by molar-refractivity contribution is -0.133. The summed E-state index contributed by atoms with van der Waals surface area (Å²) < 4.78 is 6.38. The molecule has 18 heavy (non-hydrogen) atoms. The third-order valence-electron chi connectivity index (χ3n) is 2.98. The molecule has 1 saturated heterocycles. The molecule has 98 valence electrons. The van der Waals surface area contributed by atoms with Crippen LogP contribution in [0.5, 0.6) is 5.75 Å². The molecule has 1 N–H and O–H groups in total. The lowest BCUT2D eigenvalue weighted by Gasteiger charge is -2.19. The Balaban J connectivity index is 1.84. The van der Waals surface area contributed by atoms with Crippen LogP contribution in [0.4, 0.5) is 0 Å². The summed E-state index contributed by atoms with van der Waals surface area (Å²) in [7, 11) is 0. The van der Waals surface area contributed by atoms with Gasteiger partial charge in [-0.2, -0.15) is 0 Å². The van der Waals surface area contributed by atoms with Crippen LogP contribution in [0.1, 0.15) is 13.3 Å².